The molecule has 0 spiro atoms. The minimum absolute atomic E-state index is 0.481. The Hall–Kier alpha value is -4.23. The number of benzene rings is 3. The zero-order valence-corrected chi connectivity index (χ0v) is 24.2. The summed E-state index contributed by atoms with van der Waals surface area (Å²) in [5.74, 6) is 2.60. The maximum atomic E-state index is 5.86. The molecule has 0 unspecified atom stereocenters. The maximum Gasteiger partial charge on any atom is 0.129 e. The van der Waals surface area contributed by atoms with E-state index in [-0.39, 0.29) is 0 Å². The van der Waals surface area contributed by atoms with E-state index >= 15 is 0 Å². The van der Waals surface area contributed by atoms with Gasteiger partial charge in [0, 0.05) is 64.9 Å². The van der Waals surface area contributed by atoms with Crippen molar-refractivity contribution >= 4 is 17.2 Å². The summed E-state index contributed by atoms with van der Waals surface area (Å²) in [6.07, 6.45) is 1.89. The molecular formula is C33H40N4O3. The van der Waals surface area contributed by atoms with Gasteiger partial charge in [-0.2, -0.15) is 0 Å². The quantitative estimate of drug-likeness (QED) is 0.181. The highest BCUT2D eigenvalue weighted by molar-refractivity contribution is 5.50. The van der Waals surface area contributed by atoms with Crippen LogP contribution in [0.5, 0.6) is 11.5 Å². The van der Waals surface area contributed by atoms with Gasteiger partial charge in [0.15, 0.2) is 0 Å². The predicted octanol–water partition coefficient (Wildman–Crippen LogP) is 6.02. The first-order chi connectivity index (χ1) is 19.4. The molecular weight excluding hydrogens is 500 g/mol. The fourth-order valence-electron chi connectivity index (χ4n) is 4.31. The first-order valence-corrected chi connectivity index (χ1v) is 13.5. The zero-order valence-electron chi connectivity index (χ0n) is 24.2. The standard InChI is InChI=1S/C33H40N4O3/c1-35(2)29-11-6-9-26(19-29)23-37(24-27-10-7-13-31(20-27)38-5)33-16-15-28(22-34-33)25-39-17-18-40-32-14-8-12-30(21-32)36(3)4/h6-16,19-22H,17-18,23-25H2,1-5H3. The number of anilines is 3. The van der Waals surface area contributed by atoms with Crippen LogP contribution in [0.3, 0.4) is 0 Å². The molecule has 0 N–H and O–H groups in total. The third-order valence-corrected chi connectivity index (χ3v) is 6.54. The molecule has 7 heteroatoms. The summed E-state index contributed by atoms with van der Waals surface area (Å²) in [6, 6.07) is 29.0. The number of ether oxygens (including phenoxy) is 3. The molecule has 0 saturated heterocycles. The first kappa shape index (κ1) is 28.8. The number of nitrogens with zero attached hydrogens (tertiary/aromatic N) is 4. The van der Waals surface area contributed by atoms with Gasteiger partial charge >= 0.3 is 0 Å². The van der Waals surface area contributed by atoms with Crippen LogP contribution in [-0.2, 0) is 24.4 Å². The number of hydrogen-bond acceptors (Lipinski definition) is 7. The molecule has 0 atom stereocenters. The first-order valence-electron chi connectivity index (χ1n) is 13.5. The van der Waals surface area contributed by atoms with Crippen LogP contribution in [0, 0.1) is 0 Å². The highest BCUT2D eigenvalue weighted by Gasteiger charge is 2.12. The summed E-state index contributed by atoms with van der Waals surface area (Å²) >= 11 is 0. The average molecular weight is 541 g/mol. The summed E-state index contributed by atoms with van der Waals surface area (Å²) in [7, 11) is 9.85. The third-order valence-electron chi connectivity index (χ3n) is 6.54. The summed E-state index contributed by atoms with van der Waals surface area (Å²) < 4.78 is 17.2. The van der Waals surface area contributed by atoms with E-state index in [2.05, 4.69) is 83.4 Å². The van der Waals surface area contributed by atoms with Gasteiger partial charge in [-0.25, -0.2) is 4.98 Å². The van der Waals surface area contributed by atoms with Crippen molar-refractivity contribution in [3.8, 4) is 11.5 Å². The maximum absolute atomic E-state index is 5.86. The Balaban J connectivity index is 1.38. The van der Waals surface area contributed by atoms with Gasteiger partial charge in [0.05, 0.1) is 20.3 Å². The molecule has 0 amide bonds. The molecule has 1 aromatic heterocycles. The lowest BCUT2D eigenvalue weighted by atomic mass is 10.1. The van der Waals surface area contributed by atoms with Crippen molar-refractivity contribution in [3.63, 3.8) is 0 Å². The lowest BCUT2D eigenvalue weighted by Gasteiger charge is -2.25. The molecule has 4 aromatic rings. The summed E-state index contributed by atoms with van der Waals surface area (Å²) in [5.41, 5.74) is 5.69. The van der Waals surface area contributed by atoms with E-state index in [1.807, 2.05) is 50.6 Å². The molecule has 0 radical (unpaired) electrons. The Labute approximate surface area is 238 Å². The van der Waals surface area contributed by atoms with Crippen LogP contribution >= 0.6 is 0 Å². The van der Waals surface area contributed by atoms with Crippen molar-refractivity contribution in [1.82, 2.24) is 4.98 Å². The van der Waals surface area contributed by atoms with E-state index in [9.17, 15) is 0 Å². The van der Waals surface area contributed by atoms with Crippen molar-refractivity contribution in [2.45, 2.75) is 19.7 Å². The van der Waals surface area contributed by atoms with Gasteiger partial charge in [0.25, 0.3) is 0 Å². The third kappa shape index (κ3) is 8.38. The molecule has 0 aliphatic carbocycles. The smallest absolute Gasteiger partial charge is 0.129 e. The molecule has 4 rings (SSSR count). The molecule has 0 aliphatic heterocycles. The van der Waals surface area contributed by atoms with Crippen molar-refractivity contribution in [2.75, 3.05) is 63.2 Å². The zero-order chi connectivity index (χ0) is 28.3. The predicted molar refractivity (Wildman–Crippen MR) is 164 cm³/mol. The second kappa shape index (κ2) is 14.2. The Morgan fingerprint density at radius 1 is 0.650 bits per heavy atom. The number of hydrogen-bond donors (Lipinski definition) is 0. The van der Waals surface area contributed by atoms with E-state index in [0.717, 1.165) is 40.7 Å². The number of aromatic nitrogens is 1. The fraction of sp³-hybridized carbons (Fsp3) is 0.303. The monoisotopic (exact) mass is 540 g/mol. The lowest BCUT2D eigenvalue weighted by molar-refractivity contribution is 0.0888. The van der Waals surface area contributed by atoms with Crippen molar-refractivity contribution in [1.29, 1.82) is 0 Å². The second-order valence-corrected chi connectivity index (χ2v) is 10.1. The minimum Gasteiger partial charge on any atom is -0.497 e. The van der Waals surface area contributed by atoms with Crippen LogP contribution in [0.4, 0.5) is 17.2 Å². The van der Waals surface area contributed by atoms with Crippen LogP contribution in [0.2, 0.25) is 0 Å². The van der Waals surface area contributed by atoms with Crippen molar-refractivity contribution < 1.29 is 14.2 Å². The number of methoxy groups -OCH3 is 1. The topological polar surface area (TPSA) is 50.3 Å². The summed E-state index contributed by atoms with van der Waals surface area (Å²) in [5, 5.41) is 0. The van der Waals surface area contributed by atoms with Crippen LogP contribution < -0.4 is 24.2 Å². The van der Waals surface area contributed by atoms with Crippen LogP contribution in [0.15, 0.2) is 91.1 Å². The van der Waals surface area contributed by atoms with Gasteiger partial charge in [-0.05, 0) is 59.2 Å². The van der Waals surface area contributed by atoms with Crippen LogP contribution in [0.1, 0.15) is 16.7 Å². The highest BCUT2D eigenvalue weighted by atomic mass is 16.5. The molecule has 1 heterocycles. The largest absolute Gasteiger partial charge is 0.497 e. The summed E-state index contributed by atoms with van der Waals surface area (Å²) in [4.78, 5) is 11.3. The van der Waals surface area contributed by atoms with Gasteiger partial charge in [0.2, 0.25) is 0 Å². The Kier molecular flexibility index (Phi) is 10.2. The van der Waals surface area contributed by atoms with Gasteiger partial charge in [0.1, 0.15) is 23.9 Å². The molecule has 3 aromatic carbocycles. The Bertz CT molecular complexity index is 1340. The lowest BCUT2D eigenvalue weighted by Crippen LogP contribution is -2.23. The SMILES string of the molecule is COc1cccc(CN(Cc2cccc(N(C)C)c2)c2ccc(COCCOc3cccc(N(C)C)c3)cn2)c1. The summed E-state index contributed by atoms with van der Waals surface area (Å²) in [6.45, 7) is 2.91. The van der Waals surface area contributed by atoms with E-state index in [4.69, 9.17) is 19.2 Å². The Morgan fingerprint density at radius 2 is 1.30 bits per heavy atom. The van der Waals surface area contributed by atoms with Gasteiger partial charge < -0.3 is 28.9 Å². The second-order valence-electron chi connectivity index (χ2n) is 10.1. The van der Waals surface area contributed by atoms with Crippen molar-refractivity contribution in [2.24, 2.45) is 0 Å². The van der Waals surface area contributed by atoms with Crippen molar-refractivity contribution in [3.05, 3.63) is 108 Å². The highest BCUT2D eigenvalue weighted by Crippen LogP contribution is 2.23. The average Bonchev–Trinajstić information content (AvgIpc) is 2.97. The van der Waals surface area contributed by atoms with Crippen LogP contribution in [0.25, 0.3) is 0 Å². The molecule has 40 heavy (non-hydrogen) atoms. The molecule has 7 nitrogen and oxygen atoms in total. The Morgan fingerprint density at radius 3 is 1.98 bits per heavy atom. The molecule has 210 valence electrons. The minimum atomic E-state index is 0.481. The van der Waals surface area contributed by atoms with Gasteiger partial charge in [-0.15, -0.1) is 0 Å². The molecule has 0 aliphatic rings. The molecule has 0 fully saturated rings. The van der Waals surface area contributed by atoms with E-state index in [0.29, 0.717) is 26.4 Å². The normalized spacial score (nSPS) is 10.7. The fourth-order valence-corrected chi connectivity index (χ4v) is 4.31. The molecule has 0 saturated carbocycles. The van der Waals surface area contributed by atoms with Crippen LogP contribution in [-0.4, -0.2) is 53.5 Å². The van der Waals surface area contributed by atoms with Gasteiger partial charge in [-0.3, -0.25) is 0 Å². The van der Waals surface area contributed by atoms with Gasteiger partial charge in [-0.1, -0.05) is 36.4 Å². The number of rotatable bonds is 14. The van der Waals surface area contributed by atoms with E-state index < -0.39 is 0 Å². The number of pyridine rings is 1. The molecule has 0 bridgehead atoms. The van der Waals surface area contributed by atoms with E-state index in [1.54, 1.807) is 7.11 Å². The van der Waals surface area contributed by atoms with E-state index in [1.165, 1.54) is 11.3 Å².